The van der Waals surface area contributed by atoms with Crippen LogP contribution >= 0.6 is 0 Å². The van der Waals surface area contributed by atoms with Crippen LogP contribution in [0.2, 0.25) is 0 Å². The van der Waals surface area contributed by atoms with Gasteiger partial charge in [-0.3, -0.25) is 4.90 Å². The van der Waals surface area contributed by atoms with Crippen LogP contribution in [-0.4, -0.2) is 38.5 Å². The molecule has 0 bridgehead atoms. The van der Waals surface area contributed by atoms with Crippen LogP contribution in [0.25, 0.3) is 0 Å². The molecule has 0 aliphatic carbocycles. The number of ether oxygens (including phenoxy) is 3. The Balaban J connectivity index is 1.67. The number of nitrogens with two attached hydrogens (primary N) is 1. The molecule has 3 rings (SSSR count). The van der Waals surface area contributed by atoms with Crippen LogP contribution in [0, 0.1) is 5.92 Å². The highest BCUT2D eigenvalue weighted by molar-refractivity contribution is 5.53. The average Bonchev–Trinajstić information content (AvgIpc) is 2.49. The zero-order valence-electron chi connectivity index (χ0n) is 12.6. The average molecular weight is 292 g/mol. The van der Waals surface area contributed by atoms with E-state index in [0.29, 0.717) is 19.3 Å². The number of anilines is 1. The second-order valence-electron chi connectivity index (χ2n) is 5.95. The first-order valence-corrected chi connectivity index (χ1v) is 7.59. The molecule has 5 heteroatoms. The van der Waals surface area contributed by atoms with E-state index in [2.05, 4.69) is 4.90 Å². The van der Waals surface area contributed by atoms with Crippen LogP contribution in [0.3, 0.4) is 0 Å². The molecule has 116 valence electrons. The molecule has 5 nitrogen and oxygen atoms in total. The molecule has 2 N–H and O–H groups in total. The summed E-state index contributed by atoms with van der Waals surface area (Å²) in [4.78, 5) is 2.47. The van der Waals surface area contributed by atoms with Gasteiger partial charge in [-0.2, -0.15) is 0 Å². The number of nitrogen functional groups attached to an aromatic ring is 1. The van der Waals surface area contributed by atoms with Crippen LogP contribution in [-0.2, 0) is 22.6 Å². The summed E-state index contributed by atoms with van der Waals surface area (Å²) in [7, 11) is 1.78. The van der Waals surface area contributed by atoms with Gasteiger partial charge in [0.2, 0.25) is 0 Å². The van der Waals surface area contributed by atoms with E-state index in [0.717, 1.165) is 43.2 Å². The van der Waals surface area contributed by atoms with E-state index in [-0.39, 0.29) is 0 Å². The van der Waals surface area contributed by atoms with Crippen molar-refractivity contribution in [3.8, 4) is 5.75 Å². The topological polar surface area (TPSA) is 57.0 Å². The van der Waals surface area contributed by atoms with Gasteiger partial charge in [-0.15, -0.1) is 0 Å². The summed E-state index contributed by atoms with van der Waals surface area (Å²) in [6.07, 6.45) is 2.39. The molecule has 0 aromatic heterocycles. The number of rotatable bonds is 4. The van der Waals surface area contributed by atoms with E-state index in [1.807, 2.05) is 12.1 Å². The predicted molar refractivity (Wildman–Crippen MR) is 81.0 cm³/mol. The van der Waals surface area contributed by atoms with Gasteiger partial charge in [-0.1, -0.05) is 0 Å². The highest BCUT2D eigenvalue weighted by Gasteiger charge is 2.22. The maximum atomic E-state index is 6.00. The third-order valence-corrected chi connectivity index (χ3v) is 4.31. The molecule has 1 fully saturated rings. The van der Waals surface area contributed by atoms with E-state index in [1.54, 1.807) is 7.11 Å². The van der Waals surface area contributed by atoms with Crippen molar-refractivity contribution in [1.29, 1.82) is 0 Å². The third kappa shape index (κ3) is 3.48. The lowest BCUT2D eigenvalue weighted by atomic mass is 9.97. The second-order valence-corrected chi connectivity index (χ2v) is 5.95. The summed E-state index contributed by atoms with van der Waals surface area (Å²) in [5, 5.41) is 0. The fourth-order valence-corrected chi connectivity index (χ4v) is 3.23. The minimum atomic E-state index is 0.333. The highest BCUT2D eigenvalue weighted by atomic mass is 16.7. The van der Waals surface area contributed by atoms with Gasteiger partial charge in [-0.05, 0) is 44.0 Å². The van der Waals surface area contributed by atoms with E-state index >= 15 is 0 Å². The number of hydrogen-bond donors (Lipinski definition) is 1. The Morgan fingerprint density at radius 1 is 1.33 bits per heavy atom. The van der Waals surface area contributed by atoms with Crippen molar-refractivity contribution >= 4 is 5.69 Å². The fraction of sp³-hybridized carbons (Fsp3) is 0.625. The SMILES string of the molecule is COCC1CCN(Cc2cc(N)cc3c2OCOC3)CC1. The highest BCUT2D eigenvalue weighted by Crippen LogP contribution is 2.32. The molecular formula is C16H24N2O3. The summed E-state index contributed by atoms with van der Waals surface area (Å²) >= 11 is 0. The molecule has 0 spiro atoms. The van der Waals surface area contributed by atoms with Gasteiger partial charge in [-0.25, -0.2) is 0 Å². The van der Waals surface area contributed by atoms with Crippen molar-refractivity contribution in [1.82, 2.24) is 4.90 Å². The number of hydrogen-bond acceptors (Lipinski definition) is 5. The van der Waals surface area contributed by atoms with Gasteiger partial charge in [0, 0.05) is 37.1 Å². The largest absolute Gasteiger partial charge is 0.467 e. The second kappa shape index (κ2) is 6.64. The molecule has 0 unspecified atom stereocenters. The molecule has 1 aromatic rings. The monoisotopic (exact) mass is 292 g/mol. The van der Waals surface area contributed by atoms with E-state index in [9.17, 15) is 0 Å². The normalized spacial score (nSPS) is 20.0. The fourth-order valence-electron chi connectivity index (χ4n) is 3.23. The molecule has 0 saturated carbocycles. The van der Waals surface area contributed by atoms with Crippen LogP contribution in [0.4, 0.5) is 5.69 Å². The molecule has 2 aliphatic rings. The van der Waals surface area contributed by atoms with Crippen molar-refractivity contribution in [3.63, 3.8) is 0 Å². The minimum absolute atomic E-state index is 0.333. The Bertz CT molecular complexity index is 485. The van der Waals surface area contributed by atoms with E-state index in [4.69, 9.17) is 19.9 Å². The lowest BCUT2D eigenvalue weighted by Gasteiger charge is -2.32. The molecule has 21 heavy (non-hydrogen) atoms. The quantitative estimate of drug-likeness (QED) is 0.860. The van der Waals surface area contributed by atoms with Gasteiger partial charge >= 0.3 is 0 Å². The van der Waals surface area contributed by atoms with E-state index in [1.165, 1.54) is 18.4 Å². The van der Waals surface area contributed by atoms with Gasteiger partial charge in [0.15, 0.2) is 6.79 Å². The van der Waals surface area contributed by atoms with Crippen molar-refractivity contribution in [2.45, 2.75) is 26.0 Å². The van der Waals surface area contributed by atoms with Crippen LogP contribution in [0.15, 0.2) is 12.1 Å². The first kappa shape index (κ1) is 14.6. The zero-order chi connectivity index (χ0) is 14.7. The van der Waals surface area contributed by atoms with Crippen molar-refractivity contribution in [2.75, 3.05) is 39.3 Å². The zero-order valence-corrected chi connectivity index (χ0v) is 12.6. The molecule has 0 amide bonds. The smallest absolute Gasteiger partial charge is 0.189 e. The third-order valence-electron chi connectivity index (χ3n) is 4.31. The Morgan fingerprint density at radius 2 is 2.14 bits per heavy atom. The molecule has 2 aliphatic heterocycles. The summed E-state index contributed by atoms with van der Waals surface area (Å²) in [5.41, 5.74) is 9.03. The van der Waals surface area contributed by atoms with Crippen molar-refractivity contribution in [3.05, 3.63) is 23.3 Å². The van der Waals surface area contributed by atoms with Crippen LogP contribution in [0.1, 0.15) is 24.0 Å². The standard InChI is InChI=1S/C16H24N2O3/c1-19-9-12-2-4-18(5-3-12)8-13-6-15(17)7-14-10-20-11-21-16(13)14/h6-7,12H,2-5,8-11,17H2,1H3. The molecule has 0 radical (unpaired) electrons. The first-order chi connectivity index (χ1) is 10.3. The summed E-state index contributed by atoms with van der Waals surface area (Å²) in [6, 6.07) is 3.98. The van der Waals surface area contributed by atoms with E-state index < -0.39 is 0 Å². The summed E-state index contributed by atoms with van der Waals surface area (Å²) < 4.78 is 16.3. The number of piperidine rings is 1. The molecular weight excluding hydrogens is 268 g/mol. The molecule has 0 atom stereocenters. The molecule has 1 aromatic carbocycles. The summed E-state index contributed by atoms with van der Waals surface area (Å²) in [6.45, 7) is 4.90. The number of methoxy groups -OCH3 is 1. The van der Waals surface area contributed by atoms with Gasteiger partial charge in [0.05, 0.1) is 6.61 Å². The lowest BCUT2D eigenvalue weighted by molar-refractivity contribution is -0.0175. The maximum Gasteiger partial charge on any atom is 0.189 e. The number of nitrogens with zero attached hydrogens (tertiary/aromatic N) is 1. The first-order valence-electron chi connectivity index (χ1n) is 7.59. The van der Waals surface area contributed by atoms with Crippen molar-refractivity contribution in [2.24, 2.45) is 5.92 Å². The Labute approximate surface area is 126 Å². The van der Waals surface area contributed by atoms with Crippen LogP contribution in [0.5, 0.6) is 5.75 Å². The van der Waals surface area contributed by atoms with Gasteiger partial charge < -0.3 is 19.9 Å². The maximum absolute atomic E-state index is 6.00. The molecule has 1 saturated heterocycles. The predicted octanol–water partition coefficient (Wildman–Crippen LogP) is 1.99. The molecule has 2 heterocycles. The van der Waals surface area contributed by atoms with Gasteiger partial charge in [0.1, 0.15) is 5.75 Å². The minimum Gasteiger partial charge on any atom is -0.467 e. The lowest BCUT2D eigenvalue weighted by Crippen LogP contribution is -2.34. The Morgan fingerprint density at radius 3 is 2.90 bits per heavy atom. The Kier molecular flexibility index (Phi) is 4.63. The van der Waals surface area contributed by atoms with Crippen molar-refractivity contribution < 1.29 is 14.2 Å². The number of fused-ring (bicyclic) bond motifs is 1. The van der Waals surface area contributed by atoms with Crippen LogP contribution < -0.4 is 10.5 Å². The number of benzene rings is 1. The summed E-state index contributed by atoms with van der Waals surface area (Å²) in [5.74, 6) is 1.67. The van der Waals surface area contributed by atoms with Gasteiger partial charge in [0.25, 0.3) is 0 Å². The Hall–Kier alpha value is -1.30. The number of likely N-dealkylation sites (tertiary alicyclic amines) is 1.